The smallest absolute Gasteiger partial charge is 0.119 e. The van der Waals surface area contributed by atoms with Gasteiger partial charge in [-0.15, -0.1) is 0 Å². The summed E-state index contributed by atoms with van der Waals surface area (Å²) in [6, 6.07) is 6.80. The molecule has 1 aromatic rings. The number of rotatable bonds is 1. The standard InChI is InChI=1S/C18H25NO/c1-19-12-11-17-8-3-4-9-18(17,19)16-13-15(20-2)6-5-14(16)7-10-17/h5-6,13H,3-4,7-12H2,1-2H3. The molecule has 1 heterocycles. The molecule has 2 aliphatic carbocycles. The summed E-state index contributed by atoms with van der Waals surface area (Å²) in [6.07, 6.45) is 9.60. The third kappa shape index (κ3) is 1.38. The van der Waals surface area contributed by atoms with Crippen LogP contribution < -0.4 is 4.74 Å². The molecule has 3 aliphatic rings. The molecule has 20 heavy (non-hydrogen) atoms. The van der Waals surface area contributed by atoms with E-state index in [0.717, 1.165) is 5.75 Å². The average Bonchev–Trinajstić information content (AvgIpc) is 2.82. The topological polar surface area (TPSA) is 12.5 Å². The van der Waals surface area contributed by atoms with Gasteiger partial charge in [-0.3, -0.25) is 4.90 Å². The predicted molar refractivity (Wildman–Crippen MR) is 81.1 cm³/mol. The van der Waals surface area contributed by atoms with Gasteiger partial charge in [0.25, 0.3) is 0 Å². The van der Waals surface area contributed by atoms with E-state index in [1.54, 1.807) is 18.2 Å². The Balaban J connectivity index is 1.94. The molecule has 0 amide bonds. The molecule has 0 aromatic heterocycles. The van der Waals surface area contributed by atoms with E-state index < -0.39 is 0 Å². The van der Waals surface area contributed by atoms with Crippen LogP contribution in [0, 0.1) is 5.41 Å². The fraction of sp³-hybridized carbons (Fsp3) is 0.667. The second kappa shape index (κ2) is 4.24. The highest BCUT2D eigenvalue weighted by atomic mass is 16.5. The minimum Gasteiger partial charge on any atom is -0.497 e. The maximum absolute atomic E-state index is 5.52. The van der Waals surface area contributed by atoms with Crippen LogP contribution in [0.2, 0.25) is 0 Å². The Kier molecular flexibility index (Phi) is 2.69. The molecule has 0 spiro atoms. The monoisotopic (exact) mass is 271 g/mol. The van der Waals surface area contributed by atoms with Crippen molar-refractivity contribution in [2.24, 2.45) is 5.41 Å². The molecule has 1 saturated heterocycles. The number of benzene rings is 1. The van der Waals surface area contributed by atoms with Gasteiger partial charge in [0, 0.05) is 0 Å². The molecule has 2 unspecified atom stereocenters. The van der Waals surface area contributed by atoms with E-state index in [9.17, 15) is 0 Å². The lowest BCUT2D eigenvalue weighted by molar-refractivity contribution is -0.0135. The highest BCUT2D eigenvalue weighted by molar-refractivity contribution is 5.45. The number of fused-ring (bicyclic) bond motifs is 1. The van der Waals surface area contributed by atoms with E-state index in [1.807, 2.05) is 0 Å². The van der Waals surface area contributed by atoms with Crippen molar-refractivity contribution in [3.63, 3.8) is 0 Å². The molecule has 4 rings (SSSR count). The van der Waals surface area contributed by atoms with Crippen molar-refractivity contribution in [3.05, 3.63) is 29.3 Å². The molecule has 1 aromatic carbocycles. The van der Waals surface area contributed by atoms with Crippen LogP contribution in [0.1, 0.15) is 49.7 Å². The maximum Gasteiger partial charge on any atom is 0.119 e. The fourth-order valence-corrected chi connectivity index (χ4v) is 5.56. The van der Waals surface area contributed by atoms with Gasteiger partial charge < -0.3 is 4.74 Å². The van der Waals surface area contributed by atoms with Gasteiger partial charge in [-0.1, -0.05) is 18.9 Å². The summed E-state index contributed by atoms with van der Waals surface area (Å²) in [6.45, 7) is 1.26. The zero-order valence-corrected chi connectivity index (χ0v) is 12.7. The van der Waals surface area contributed by atoms with Crippen LogP contribution >= 0.6 is 0 Å². The Morgan fingerprint density at radius 3 is 2.80 bits per heavy atom. The summed E-state index contributed by atoms with van der Waals surface area (Å²) in [5, 5.41) is 0. The minimum absolute atomic E-state index is 0.299. The number of likely N-dealkylation sites (tertiary alicyclic amines) is 1. The summed E-state index contributed by atoms with van der Waals surface area (Å²) >= 11 is 0. The molecule has 2 fully saturated rings. The first-order valence-corrected chi connectivity index (χ1v) is 8.11. The third-order valence-electron chi connectivity index (χ3n) is 6.53. The van der Waals surface area contributed by atoms with Gasteiger partial charge >= 0.3 is 0 Å². The summed E-state index contributed by atoms with van der Waals surface area (Å²) in [4.78, 5) is 2.67. The van der Waals surface area contributed by atoms with Gasteiger partial charge in [-0.25, -0.2) is 0 Å². The predicted octanol–water partition coefficient (Wildman–Crippen LogP) is 3.73. The number of nitrogens with zero attached hydrogens (tertiary/aromatic N) is 1. The SMILES string of the molecule is COc1ccc2c(c1)C13CCCCC1(CC2)CCN3C. The number of aryl methyl sites for hydroxylation is 1. The molecule has 1 saturated carbocycles. The minimum atomic E-state index is 0.299. The highest BCUT2D eigenvalue weighted by Gasteiger charge is 2.61. The fourth-order valence-electron chi connectivity index (χ4n) is 5.56. The van der Waals surface area contributed by atoms with E-state index in [-0.39, 0.29) is 0 Å². The highest BCUT2D eigenvalue weighted by Crippen LogP contribution is 2.64. The summed E-state index contributed by atoms with van der Waals surface area (Å²) in [5.41, 5.74) is 3.99. The largest absolute Gasteiger partial charge is 0.497 e. The van der Waals surface area contributed by atoms with Gasteiger partial charge in [0.1, 0.15) is 5.75 Å². The van der Waals surface area contributed by atoms with Crippen LogP contribution in [0.15, 0.2) is 18.2 Å². The van der Waals surface area contributed by atoms with E-state index in [4.69, 9.17) is 4.74 Å². The molecule has 2 atom stereocenters. The van der Waals surface area contributed by atoms with Crippen molar-refractivity contribution in [1.29, 1.82) is 0 Å². The molecule has 0 radical (unpaired) electrons. The van der Waals surface area contributed by atoms with Crippen LogP contribution in [-0.2, 0) is 12.0 Å². The summed E-state index contributed by atoms with van der Waals surface area (Å²) in [7, 11) is 4.14. The summed E-state index contributed by atoms with van der Waals surface area (Å²) < 4.78 is 5.52. The Hall–Kier alpha value is -1.02. The van der Waals surface area contributed by atoms with Crippen LogP contribution in [-0.4, -0.2) is 25.6 Å². The lowest BCUT2D eigenvalue weighted by Crippen LogP contribution is -2.54. The first kappa shape index (κ1) is 12.7. The Morgan fingerprint density at radius 2 is 1.95 bits per heavy atom. The molecular formula is C18H25NO. The van der Waals surface area contributed by atoms with Gasteiger partial charge in [0.2, 0.25) is 0 Å². The molecular weight excluding hydrogens is 246 g/mol. The molecule has 1 aliphatic heterocycles. The van der Waals surface area contributed by atoms with Crippen molar-refractivity contribution >= 4 is 0 Å². The van der Waals surface area contributed by atoms with Crippen molar-refractivity contribution in [1.82, 2.24) is 4.90 Å². The van der Waals surface area contributed by atoms with E-state index in [1.165, 1.54) is 51.5 Å². The second-order valence-electron chi connectivity index (χ2n) is 7.04. The summed E-state index contributed by atoms with van der Waals surface area (Å²) in [5.74, 6) is 1.03. The number of hydrogen-bond acceptors (Lipinski definition) is 2. The molecule has 0 bridgehead atoms. The Bertz CT molecular complexity index is 536. The van der Waals surface area contributed by atoms with E-state index in [2.05, 4.69) is 30.1 Å². The van der Waals surface area contributed by atoms with Gasteiger partial charge in [0.15, 0.2) is 0 Å². The molecule has 2 heteroatoms. The van der Waals surface area contributed by atoms with Gasteiger partial charge in [-0.2, -0.15) is 0 Å². The average molecular weight is 271 g/mol. The van der Waals surface area contributed by atoms with Crippen LogP contribution in [0.3, 0.4) is 0 Å². The van der Waals surface area contributed by atoms with Crippen molar-refractivity contribution in [2.45, 2.75) is 50.5 Å². The van der Waals surface area contributed by atoms with E-state index >= 15 is 0 Å². The first-order chi connectivity index (χ1) is 9.72. The zero-order chi connectivity index (χ0) is 13.8. The van der Waals surface area contributed by atoms with Crippen LogP contribution in [0.4, 0.5) is 0 Å². The van der Waals surface area contributed by atoms with Gasteiger partial charge in [0.05, 0.1) is 12.6 Å². The lowest BCUT2D eigenvalue weighted by Gasteiger charge is -2.56. The molecule has 108 valence electrons. The van der Waals surface area contributed by atoms with Crippen molar-refractivity contribution in [2.75, 3.05) is 20.7 Å². The quantitative estimate of drug-likeness (QED) is 0.771. The van der Waals surface area contributed by atoms with Gasteiger partial charge in [-0.05, 0) is 74.4 Å². The van der Waals surface area contributed by atoms with Crippen LogP contribution in [0.25, 0.3) is 0 Å². The lowest BCUT2D eigenvalue weighted by atomic mass is 9.53. The Morgan fingerprint density at radius 1 is 1.10 bits per heavy atom. The second-order valence-corrected chi connectivity index (χ2v) is 7.04. The maximum atomic E-state index is 5.52. The van der Waals surface area contributed by atoms with E-state index in [0.29, 0.717) is 11.0 Å². The normalized spacial score (nSPS) is 36.1. The third-order valence-corrected chi connectivity index (χ3v) is 6.53. The Labute approximate surface area is 122 Å². The number of methoxy groups -OCH3 is 1. The van der Waals surface area contributed by atoms with Crippen molar-refractivity contribution < 1.29 is 4.74 Å². The number of ether oxygens (including phenoxy) is 1. The van der Waals surface area contributed by atoms with Crippen LogP contribution in [0.5, 0.6) is 5.75 Å². The van der Waals surface area contributed by atoms with Crippen molar-refractivity contribution in [3.8, 4) is 5.75 Å². The molecule has 0 N–H and O–H groups in total. The zero-order valence-electron chi connectivity index (χ0n) is 12.7. The molecule has 2 nitrogen and oxygen atoms in total. The first-order valence-electron chi connectivity index (χ1n) is 8.11. The number of hydrogen-bond donors (Lipinski definition) is 0.